The summed E-state index contributed by atoms with van der Waals surface area (Å²) >= 11 is 0. The van der Waals surface area contributed by atoms with Crippen LogP contribution in [0.2, 0.25) is 0 Å². The molecule has 1 unspecified atom stereocenters. The second kappa shape index (κ2) is 4.68. The molecule has 2 rings (SSSR count). The molecule has 0 bridgehead atoms. The first-order chi connectivity index (χ1) is 8.39. The van der Waals surface area contributed by atoms with Crippen molar-refractivity contribution in [1.82, 2.24) is 0 Å². The topological polar surface area (TPSA) is 40.5 Å². The summed E-state index contributed by atoms with van der Waals surface area (Å²) in [5.41, 5.74) is 1.47. The van der Waals surface area contributed by atoms with Gasteiger partial charge < -0.3 is 10.2 Å². The standard InChI is InChI=1S/C16H22O2/c1-16(2,3)13-10-14(17)12(9-15(13)18)11-7-5-4-6-8-11/h5,7,9-11,17-18H,4,6,8H2,1-3H3. The van der Waals surface area contributed by atoms with Crippen LogP contribution in [0.3, 0.4) is 0 Å². The van der Waals surface area contributed by atoms with Crippen molar-refractivity contribution >= 4 is 0 Å². The Balaban J connectivity index is 2.42. The van der Waals surface area contributed by atoms with Crippen LogP contribution < -0.4 is 0 Å². The van der Waals surface area contributed by atoms with Crippen LogP contribution in [0.4, 0.5) is 0 Å². The minimum absolute atomic E-state index is 0.164. The maximum absolute atomic E-state index is 10.2. The fourth-order valence-electron chi connectivity index (χ4n) is 2.56. The van der Waals surface area contributed by atoms with Crippen molar-refractivity contribution < 1.29 is 10.2 Å². The van der Waals surface area contributed by atoms with Crippen molar-refractivity contribution in [3.8, 4) is 11.5 Å². The lowest BCUT2D eigenvalue weighted by Gasteiger charge is -2.24. The van der Waals surface area contributed by atoms with Crippen LogP contribution in [0.5, 0.6) is 11.5 Å². The van der Waals surface area contributed by atoms with Crippen LogP contribution in [-0.4, -0.2) is 10.2 Å². The van der Waals surface area contributed by atoms with E-state index in [-0.39, 0.29) is 17.1 Å². The van der Waals surface area contributed by atoms with E-state index in [0.717, 1.165) is 30.4 Å². The minimum atomic E-state index is -0.164. The first kappa shape index (κ1) is 13.0. The zero-order valence-electron chi connectivity index (χ0n) is 11.4. The highest BCUT2D eigenvalue weighted by Crippen LogP contribution is 2.40. The molecule has 0 aliphatic heterocycles. The van der Waals surface area contributed by atoms with E-state index in [2.05, 4.69) is 12.2 Å². The normalized spacial score (nSPS) is 20.1. The molecule has 0 aromatic heterocycles. The van der Waals surface area contributed by atoms with E-state index in [0.29, 0.717) is 5.75 Å². The van der Waals surface area contributed by atoms with Crippen molar-refractivity contribution in [1.29, 1.82) is 0 Å². The van der Waals surface area contributed by atoms with Crippen LogP contribution in [0.25, 0.3) is 0 Å². The highest BCUT2D eigenvalue weighted by Gasteiger charge is 2.23. The first-order valence-electron chi connectivity index (χ1n) is 6.62. The second-order valence-electron chi connectivity index (χ2n) is 6.14. The number of aromatic hydroxyl groups is 2. The third-order valence-corrected chi connectivity index (χ3v) is 3.61. The summed E-state index contributed by atoms with van der Waals surface area (Å²) in [7, 11) is 0. The highest BCUT2D eigenvalue weighted by molar-refractivity contribution is 5.50. The van der Waals surface area contributed by atoms with Gasteiger partial charge in [0.15, 0.2) is 0 Å². The van der Waals surface area contributed by atoms with Crippen LogP contribution in [0, 0.1) is 0 Å². The summed E-state index contributed by atoms with van der Waals surface area (Å²) in [5, 5.41) is 20.3. The average Bonchev–Trinajstić information content (AvgIpc) is 2.31. The smallest absolute Gasteiger partial charge is 0.119 e. The Bertz CT molecular complexity index is 467. The molecule has 0 saturated heterocycles. The number of phenolic OH excluding ortho intramolecular Hbond substituents is 2. The van der Waals surface area contributed by atoms with Gasteiger partial charge in [-0.15, -0.1) is 0 Å². The number of phenols is 2. The summed E-state index contributed by atoms with van der Waals surface area (Å²) in [6, 6.07) is 3.45. The molecule has 1 atom stereocenters. The molecule has 0 fully saturated rings. The number of benzene rings is 1. The van der Waals surface area contributed by atoms with Gasteiger partial charge in [-0.2, -0.15) is 0 Å². The number of allylic oxidation sites excluding steroid dienone is 2. The van der Waals surface area contributed by atoms with E-state index < -0.39 is 0 Å². The van der Waals surface area contributed by atoms with Gasteiger partial charge in [0, 0.05) is 17.0 Å². The quantitative estimate of drug-likeness (QED) is 0.575. The minimum Gasteiger partial charge on any atom is -0.508 e. The van der Waals surface area contributed by atoms with Crippen LogP contribution in [0.1, 0.15) is 57.1 Å². The summed E-state index contributed by atoms with van der Waals surface area (Å²) in [6.45, 7) is 6.09. The summed E-state index contributed by atoms with van der Waals surface area (Å²) in [6.07, 6.45) is 7.58. The van der Waals surface area contributed by atoms with E-state index in [1.165, 1.54) is 0 Å². The molecule has 1 aliphatic carbocycles. The van der Waals surface area contributed by atoms with E-state index in [1.54, 1.807) is 12.1 Å². The molecule has 0 spiro atoms. The first-order valence-corrected chi connectivity index (χ1v) is 6.62. The third kappa shape index (κ3) is 2.53. The van der Waals surface area contributed by atoms with Gasteiger partial charge in [0.25, 0.3) is 0 Å². The zero-order chi connectivity index (χ0) is 13.3. The Kier molecular flexibility index (Phi) is 3.38. The Morgan fingerprint density at radius 3 is 2.39 bits per heavy atom. The molecule has 2 N–H and O–H groups in total. The van der Waals surface area contributed by atoms with Gasteiger partial charge in [-0.1, -0.05) is 32.9 Å². The van der Waals surface area contributed by atoms with E-state index in [4.69, 9.17) is 0 Å². The molecule has 0 saturated carbocycles. The molecule has 1 aliphatic rings. The fourth-order valence-corrected chi connectivity index (χ4v) is 2.56. The largest absolute Gasteiger partial charge is 0.508 e. The molecule has 2 heteroatoms. The predicted molar refractivity (Wildman–Crippen MR) is 74.2 cm³/mol. The maximum atomic E-state index is 10.2. The maximum Gasteiger partial charge on any atom is 0.119 e. The predicted octanol–water partition coefficient (Wildman–Crippen LogP) is 4.22. The Morgan fingerprint density at radius 1 is 1.11 bits per heavy atom. The van der Waals surface area contributed by atoms with Crippen molar-refractivity contribution in [2.75, 3.05) is 0 Å². The molecular weight excluding hydrogens is 224 g/mol. The van der Waals surface area contributed by atoms with Crippen molar-refractivity contribution in [3.63, 3.8) is 0 Å². The monoisotopic (exact) mass is 246 g/mol. The van der Waals surface area contributed by atoms with Crippen molar-refractivity contribution in [3.05, 3.63) is 35.4 Å². The summed E-state index contributed by atoms with van der Waals surface area (Å²) in [4.78, 5) is 0. The lowest BCUT2D eigenvalue weighted by Crippen LogP contribution is -2.12. The molecule has 1 aromatic rings. The lowest BCUT2D eigenvalue weighted by molar-refractivity contribution is 0.428. The van der Waals surface area contributed by atoms with Gasteiger partial charge in [-0.05, 0) is 36.8 Å². The number of rotatable bonds is 1. The van der Waals surface area contributed by atoms with E-state index in [9.17, 15) is 10.2 Å². The summed E-state index contributed by atoms with van der Waals surface area (Å²) < 4.78 is 0. The van der Waals surface area contributed by atoms with Crippen LogP contribution >= 0.6 is 0 Å². The highest BCUT2D eigenvalue weighted by atomic mass is 16.3. The number of hydrogen-bond donors (Lipinski definition) is 2. The van der Waals surface area contributed by atoms with Crippen molar-refractivity contribution in [2.24, 2.45) is 0 Å². The Labute approximate surface area is 109 Å². The zero-order valence-corrected chi connectivity index (χ0v) is 11.4. The summed E-state index contributed by atoms with van der Waals surface area (Å²) in [5.74, 6) is 0.821. The van der Waals surface area contributed by atoms with Gasteiger partial charge >= 0.3 is 0 Å². The van der Waals surface area contributed by atoms with E-state index in [1.807, 2.05) is 20.8 Å². The van der Waals surface area contributed by atoms with Gasteiger partial charge in [-0.3, -0.25) is 0 Å². The van der Waals surface area contributed by atoms with Gasteiger partial charge in [0.2, 0.25) is 0 Å². The Morgan fingerprint density at radius 2 is 1.83 bits per heavy atom. The van der Waals surface area contributed by atoms with Gasteiger partial charge in [-0.25, -0.2) is 0 Å². The molecular formula is C16H22O2. The molecule has 18 heavy (non-hydrogen) atoms. The SMILES string of the molecule is CC(C)(C)c1cc(O)c(C2C=CCCC2)cc1O. The van der Waals surface area contributed by atoms with E-state index >= 15 is 0 Å². The average molecular weight is 246 g/mol. The fraction of sp³-hybridized carbons (Fsp3) is 0.500. The second-order valence-corrected chi connectivity index (χ2v) is 6.14. The molecule has 2 nitrogen and oxygen atoms in total. The number of hydrogen-bond acceptors (Lipinski definition) is 2. The molecule has 98 valence electrons. The third-order valence-electron chi connectivity index (χ3n) is 3.61. The Hall–Kier alpha value is -1.44. The molecule has 0 heterocycles. The lowest BCUT2D eigenvalue weighted by atomic mass is 9.82. The van der Waals surface area contributed by atoms with Crippen LogP contribution in [-0.2, 0) is 5.41 Å². The van der Waals surface area contributed by atoms with Gasteiger partial charge in [0.1, 0.15) is 11.5 Å². The molecule has 1 aromatic carbocycles. The molecule has 0 amide bonds. The van der Waals surface area contributed by atoms with Crippen LogP contribution in [0.15, 0.2) is 24.3 Å². The van der Waals surface area contributed by atoms with Crippen molar-refractivity contribution in [2.45, 2.75) is 51.4 Å². The molecule has 0 radical (unpaired) electrons. The van der Waals surface area contributed by atoms with Gasteiger partial charge in [0.05, 0.1) is 0 Å².